The molecule has 3 heterocycles. The van der Waals surface area contributed by atoms with Gasteiger partial charge in [0, 0.05) is 38.9 Å². The largest absolute Gasteiger partial charge is 0.417 e. The molecular weight excluding hydrogens is 457 g/mol. The molecule has 0 aromatic carbocycles. The molecule has 0 spiro atoms. The molecule has 170 valence electrons. The van der Waals surface area contributed by atoms with Gasteiger partial charge in [-0.05, 0) is 12.5 Å². The number of unbranched alkanes of at least 4 members (excludes halogenated alkanes) is 1. The van der Waals surface area contributed by atoms with Crippen molar-refractivity contribution in [2.24, 2.45) is 0 Å². The molecule has 1 aliphatic rings. The number of alkyl halides is 3. The first-order valence-electron chi connectivity index (χ1n) is 9.74. The van der Waals surface area contributed by atoms with Crippen LogP contribution in [0.2, 0.25) is 5.02 Å². The number of carbonyl (C=O) groups excluding carboxylic acids is 1. The fourth-order valence-electron chi connectivity index (χ4n) is 3.13. The molecule has 1 aliphatic heterocycles. The number of amides is 1. The molecule has 13 heteroatoms. The molecule has 1 saturated heterocycles. The van der Waals surface area contributed by atoms with Crippen LogP contribution in [-0.2, 0) is 17.5 Å². The highest BCUT2D eigenvalue weighted by molar-refractivity contribution is 7.99. The van der Waals surface area contributed by atoms with Crippen molar-refractivity contribution in [3.63, 3.8) is 0 Å². The Labute approximate surface area is 185 Å². The van der Waals surface area contributed by atoms with Crippen molar-refractivity contribution in [2.75, 3.05) is 36.8 Å². The van der Waals surface area contributed by atoms with Gasteiger partial charge in [0.25, 0.3) is 0 Å². The predicted molar refractivity (Wildman–Crippen MR) is 112 cm³/mol. The minimum atomic E-state index is -4.51. The maximum absolute atomic E-state index is 12.8. The number of rotatable bonds is 7. The summed E-state index contributed by atoms with van der Waals surface area (Å²) in [5.74, 6) is 0.302. The Balaban J connectivity index is 1.54. The van der Waals surface area contributed by atoms with Crippen LogP contribution in [0.1, 0.15) is 25.3 Å². The number of thioether (sulfide) groups is 1. The van der Waals surface area contributed by atoms with Gasteiger partial charge in [-0.2, -0.15) is 13.2 Å². The van der Waals surface area contributed by atoms with Crippen LogP contribution >= 0.6 is 23.4 Å². The number of pyridine rings is 1. The highest BCUT2D eigenvalue weighted by Crippen LogP contribution is 2.33. The molecule has 0 unspecified atom stereocenters. The average Bonchev–Trinajstić information content (AvgIpc) is 3.09. The number of hydrogen-bond donors (Lipinski definition) is 1. The van der Waals surface area contributed by atoms with Crippen LogP contribution < -0.4 is 10.6 Å². The molecule has 2 aromatic rings. The van der Waals surface area contributed by atoms with E-state index in [1.54, 1.807) is 9.80 Å². The van der Waals surface area contributed by atoms with Gasteiger partial charge in [0.15, 0.2) is 5.16 Å². The first kappa shape index (κ1) is 23.5. The normalized spacial score (nSPS) is 14.9. The molecule has 1 N–H and O–H groups in total. The smallest absolute Gasteiger partial charge is 0.352 e. The summed E-state index contributed by atoms with van der Waals surface area (Å²) in [6, 6.07) is 0.861. The summed E-state index contributed by atoms with van der Waals surface area (Å²) in [4.78, 5) is 31.7. The number of aromatic amines is 1. The number of aromatic nitrogens is 4. The number of carbonyl (C=O) groups is 1. The summed E-state index contributed by atoms with van der Waals surface area (Å²) in [6.07, 6.45) is -1.97. The minimum Gasteiger partial charge on any atom is -0.352 e. The molecule has 1 amide bonds. The molecule has 0 saturated carbocycles. The number of anilines is 1. The highest BCUT2D eigenvalue weighted by atomic mass is 35.5. The molecule has 3 rings (SSSR count). The molecule has 8 nitrogen and oxygen atoms in total. The van der Waals surface area contributed by atoms with Crippen LogP contribution in [0.15, 0.2) is 22.2 Å². The molecular formula is C18H22ClF3N6O2S. The van der Waals surface area contributed by atoms with Gasteiger partial charge in [0.2, 0.25) is 5.91 Å². The first-order valence-corrected chi connectivity index (χ1v) is 11.1. The summed E-state index contributed by atoms with van der Waals surface area (Å²) in [7, 11) is 0. The lowest BCUT2D eigenvalue weighted by molar-refractivity contribution is -0.137. The van der Waals surface area contributed by atoms with Gasteiger partial charge in [0.1, 0.15) is 5.82 Å². The van der Waals surface area contributed by atoms with Gasteiger partial charge in [-0.15, -0.1) is 5.10 Å². The highest BCUT2D eigenvalue weighted by Gasteiger charge is 2.32. The third-order valence-electron chi connectivity index (χ3n) is 4.86. The van der Waals surface area contributed by atoms with Crippen molar-refractivity contribution in [3.05, 3.63) is 33.3 Å². The molecule has 2 aromatic heterocycles. The first-order chi connectivity index (χ1) is 14.7. The van der Waals surface area contributed by atoms with Gasteiger partial charge >= 0.3 is 11.9 Å². The Kier molecular flexibility index (Phi) is 7.52. The van der Waals surface area contributed by atoms with Crippen molar-refractivity contribution >= 4 is 35.1 Å². The number of hydrogen-bond acceptors (Lipinski definition) is 6. The lowest BCUT2D eigenvalue weighted by atomic mass is 10.2. The Bertz CT molecular complexity index is 972. The molecule has 0 radical (unpaired) electrons. The van der Waals surface area contributed by atoms with Crippen molar-refractivity contribution in [2.45, 2.75) is 37.6 Å². The topological polar surface area (TPSA) is 87.1 Å². The van der Waals surface area contributed by atoms with Crippen molar-refractivity contribution < 1.29 is 18.0 Å². The van der Waals surface area contributed by atoms with E-state index in [4.69, 9.17) is 11.6 Å². The van der Waals surface area contributed by atoms with Crippen molar-refractivity contribution in [3.8, 4) is 0 Å². The molecule has 0 aliphatic carbocycles. The van der Waals surface area contributed by atoms with Crippen LogP contribution in [0.3, 0.4) is 0 Å². The number of H-pyrrole nitrogens is 1. The van der Waals surface area contributed by atoms with E-state index in [0.717, 1.165) is 25.1 Å². The zero-order chi connectivity index (χ0) is 22.6. The summed E-state index contributed by atoms with van der Waals surface area (Å²) in [5.41, 5.74) is -1.19. The monoisotopic (exact) mass is 478 g/mol. The summed E-state index contributed by atoms with van der Waals surface area (Å²) in [5, 5.41) is 6.79. The van der Waals surface area contributed by atoms with Crippen LogP contribution in [-0.4, -0.2) is 62.5 Å². The Morgan fingerprint density at radius 3 is 2.61 bits per heavy atom. The van der Waals surface area contributed by atoms with E-state index >= 15 is 0 Å². The Morgan fingerprint density at radius 2 is 2.00 bits per heavy atom. The van der Waals surface area contributed by atoms with E-state index in [0.29, 0.717) is 37.9 Å². The van der Waals surface area contributed by atoms with Gasteiger partial charge in [-0.1, -0.05) is 36.7 Å². The number of nitrogens with zero attached hydrogens (tertiary/aromatic N) is 5. The molecule has 0 bridgehead atoms. The van der Waals surface area contributed by atoms with E-state index in [1.165, 1.54) is 16.3 Å². The maximum Gasteiger partial charge on any atom is 0.417 e. The van der Waals surface area contributed by atoms with Gasteiger partial charge in [-0.3, -0.25) is 9.36 Å². The molecule has 31 heavy (non-hydrogen) atoms. The van der Waals surface area contributed by atoms with Gasteiger partial charge < -0.3 is 9.80 Å². The lowest BCUT2D eigenvalue weighted by Crippen LogP contribution is -2.49. The molecule has 0 atom stereocenters. The fourth-order valence-corrected chi connectivity index (χ4v) is 4.29. The number of nitrogens with one attached hydrogen (secondary N) is 1. The minimum absolute atomic E-state index is 0.0752. The van der Waals surface area contributed by atoms with Crippen molar-refractivity contribution in [1.29, 1.82) is 0 Å². The zero-order valence-corrected chi connectivity index (χ0v) is 18.4. The van der Waals surface area contributed by atoms with E-state index in [2.05, 4.69) is 15.2 Å². The summed E-state index contributed by atoms with van der Waals surface area (Å²) in [6.45, 7) is 4.15. The second-order valence-corrected chi connectivity index (χ2v) is 8.35. The van der Waals surface area contributed by atoms with Crippen LogP contribution in [0, 0.1) is 0 Å². The fraction of sp³-hybridized carbons (Fsp3) is 0.556. The Hall–Kier alpha value is -2.21. The quantitative estimate of drug-likeness (QED) is 0.616. The van der Waals surface area contributed by atoms with Crippen LogP contribution in [0.5, 0.6) is 0 Å². The van der Waals surface area contributed by atoms with E-state index in [9.17, 15) is 22.8 Å². The van der Waals surface area contributed by atoms with E-state index in [-0.39, 0.29) is 28.2 Å². The number of halogens is 4. The van der Waals surface area contributed by atoms with Gasteiger partial charge in [-0.25, -0.2) is 14.9 Å². The average molecular weight is 479 g/mol. The summed E-state index contributed by atoms with van der Waals surface area (Å²) < 4.78 is 39.9. The van der Waals surface area contributed by atoms with Crippen LogP contribution in [0.25, 0.3) is 0 Å². The van der Waals surface area contributed by atoms with Gasteiger partial charge in [0.05, 0.1) is 16.3 Å². The third kappa shape index (κ3) is 5.73. The zero-order valence-electron chi connectivity index (χ0n) is 16.8. The number of piperazine rings is 1. The maximum atomic E-state index is 12.8. The van der Waals surface area contributed by atoms with Crippen LogP contribution in [0.4, 0.5) is 19.0 Å². The SMILES string of the molecule is CCCCn1c(SCC(=O)N2CCN(c3ncc(C(F)(F)F)cc3Cl)CC2)n[nH]c1=O. The predicted octanol–water partition coefficient (Wildman–Crippen LogP) is 2.88. The van der Waals surface area contributed by atoms with E-state index < -0.39 is 11.7 Å². The second-order valence-electron chi connectivity index (χ2n) is 7.00. The van der Waals surface area contributed by atoms with E-state index in [1.807, 2.05) is 6.92 Å². The Morgan fingerprint density at radius 1 is 1.29 bits per heavy atom. The van der Waals surface area contributed by atoms with Crippen molar-refractivity contribution in [1.82, 2.24) is 24.6 Å². The summed E-state index contributed by atoms with van der Waals surface area (Å²) >= 11 is 7.21. The molecule has 1 fully saturated rings. The lowest BCUT2D eigenvalue weighted by Gasteiger charge is -2.35. The standard InChI is InChI=1S/C18H22ClF3N6O2S/c1-2-3-4-28-16(30)24-25-17(28)31-11-14(29)26-5-7-27(8-6-26)15-13(19)9-12(10-23-15)18(20,21)22/h9-10H,2-8,11H2,1H3,(H,24,30). The second kappa shape index (κ2) is 9.94. The third-order valence-corrected chi connectivity index (χ3v) is 6.10.